The molecule has 1 saturated heterocycles. The second-order valence-electron chi connectivity index (χ2n) is 6.74. The molecule has 116 valence electrons. The van der Waals surface area contributed by atoms with Crippen molar-refractivity contribution in [3.63, 3.8) is 0 Å². The number of likely N-dealkylation sites (tertiary alicyclic amines) is 1. The lowest BCUT2D eigenvalue weighted by molar-refractivity contribution is 0.0640. The van der Waals surface area contributed by atoms with Crippen molar-refractivity contribution < 1.29 is 13.9 Å². The summed E-state index contributed by atoms with van der Waals surface area (Å²) in [7, 11) is 0. The largest absolute Gasteiger partial charge is 0.503 e. The van der Waals surface area contributed by atoms with E-state index < -0.39 is 17.4 Å². The van der Waals surface area contributed by atoms with Crippen LogP contribution in [0.1, 0.15) is 50.5 Å². The normalized spacial score (nSPS) is 22.6. The Bertz CT molecular complexity index is 479. The SMILES string of the molecule is Oc1c(F)cc(CN2CCC3(CCCCC3)CC2)cc1F. The fraction of sp³-hybridized carbons (Fsp3) is 0.647. The Hall–Kier alpha value is -1.16. The van der Waals surface area contributed by atoms with Crippen LogP contribution < -0.4 is 0 Å². The smallest absolute Gasteiger partial charge is 0.187 e. The molecule has 0 unspecified atom stereocenters. The number of hydrogen-bond donors (Lipinski definition) is 1. The first kappa shape index (κ1) is 14.8. The fourth-order valence-corrected chi connectivity index (χ4v) is 3.95. The Morgan fingerprint density at radius 2 is 1.52 bits per heavy atom. The van der Waals surface area contributed by atoms with E-state index in [1.54, 1.807) is 0 Å². The first-order valence-corrected chi connectivity index (χ1v) is 7.97. The van der Waals surface area contributed by atoms with Crippen LogP contribution in [0.25, 0.3) is 0 Å². The van der Waals surface area contributed by atoms with Crippen molar-refractivity contribution in [1.29, 1.82) is 0 Å². The highest BCUT2D eigenvalue weighted by Gasteiger charge is 2.35. The van der Waals surface area contributed by atoms with Crippen molar-refractivity contribution in [2.45, 2.75) is 51.5 Å². The lowest BCUT2D eigenvalue weighted by Crippen LogP contribution is -2.40. The Kier molecular flexibility index (Phi) is 4.16. The number of nitrogens with zero attached hydrogens (tertiary/aromatic N) is 1. The molecule has 0 radical (unpaired) electrons. The maximum absolute atomic E-state index is 13.4. The van der Waals surface area contributed by atoms with Crippen LogP contribution in [-0.4, -0.2) is 23.1 Å². The number of hydrogen-bond acceptors (Lipinski definition) is 2. The molecule has 0 bridgehead atoms. The highest BCUT2D eigenvalue weighted by atomic mass is 19.1. The van der Waals surface area contributed by atoms with Gasteiger partial charge in [-0.25, -0.2) is 8.78 Å². The van der Waals surface area contributed by atoms with E-state index in [-0.39, 0.29) is 0 Å². The van der Waals surface area contributed by atoms with E-state index in [9.17, 15) is 8.78 Å². The quantitative estimate of drug-likeness (QED) is 0.883. The van der Waals surface area contributed by atoms with Crippen LogP contribution in [0.5, 0.6) is 5.75 Å². The molecule has 1 aromatic carbocycles. The van der Waals surface area contributed by atoms with Gasteiger partial charge in [-0.1, -0.05) is 19.3 Å². The average molecular weight is 295 g/mol. The minimum atomic E-state index is -0.876. The minimum absolute atomic E-state index is 0.542. The van der Waals surface area contributed by atoms with Crippen LogP contribution in [0.4, 0.5) is 8.78 Å². The van der Waals surface area contributed by atoms with Gasteiger partial charge in [-0.3, -0.25) is 4.90 Å². The van der Waals surface area contributed by atoms with Gasteiger partial charge in [-0.2, -0.15) is 0 Å². The van der Waals surface area contributed by atoms with Gasteiger partial charge < -0.3 is 5.11 Å². The zero-order valence-corrected chi connectivity index (χ0v) is 12.4. The first-order valence-electron chi connectivity index (χ1n) is 7.97. The predicted octanol–water partition coefficient (Wildman–Crippen LogP) is 4.22. The van der Waals surface area contributed by atoms with E-state index in [0.717, 1.165) is 13.1 Å². The monoisotopic (exact) mass is 295 g/mol. The molecule has 3 rings (SSSR count). The molecule has 1 aliphatic heterocycles. The molecule has 1 saturated carbocycles. The molecular formula is C17H23F2NO. The Morgan fingerprint density at radius 1 is 0.952 bits per heavy atom. The van der Waals surface area contributed by atoms with Crippen molar-refractivity contribution in [2.75, 3.05) is 13.1 Å². The highest BCUT2D eigenvalue weighted by Crippen LogP contribution is 2.44. The maximum Gasteiger partial charge on any atom is 0.187 e. The second kappa shape index (κ2) is 5.91. The van der Waals surface area contributed by atoms with Crippen molar-refractivity contribution in [3.05, 3.63) is 29.3 Å². The third kappa shape index (κ3) is 3.20. The summed E-state index contributed by atoms with van der Waals surface area (Å²) in [6.45, 7) is 2.57. The number of rotatable bonds is 2. The van der Waals surface area contributed by atoms with E-state index in [4.69, 9.17) is 5.11 Å². The lowest BCUT2D eigenvalue weighted by Gasteiger charge is -2.44. The van der Waals surface area contributed by atoms with Gasteiger partial charge >= 0.3 is 0 Å². The van der Waals surface area contributed by atoms with Crippen LogP contribution in [-0.2, 0) is 6.54 Å². The van der Waals surface area contributed by atoms with Gasteiger partial charge in [-0.15, -0.1) is 0 Å². The molecule has 21 heavy (non-hydrogen) atoms. The molecule has 0 atom stereocenters. The molecule has 4 heteroatoms. The van der Waals surface area contributed by atoms with E-state index in [2.05, 4.69) is 4.90 Å². The topological polar surface area (TPSA) is 23.5 Å². The Balaban J connectivity index is 1.60. The number of piperidine rings is 1. The van der Waals surface area contributed by atoms with Gasteiger partial charge in [0.25, 0.3) is 0 Å². The summed E-state index contributed by atoms with van der Waals surface area (Å²) in [6.07, 6.45) is 9.19. The Labute approximate surface area is 124 Å². The summed E-state index contributed by atoms with van der Waals surface area (Å²) in [5, 5.41) is 9.14. The van der Waals surface area contributed by atoms with Crippen LogP contribution in [0, 0.1) is 17.0 Å². The van der Waals surface area contributed by atoms with Gasteiger partial charge in [0.15, 0.2) is 17.4 Å². The van der Waals surface area contributed by atoms with Crippen LogP contribution in [0.3, 0.4) is 0 Å². The molecule has 1 aromatic rings. The fourth-order valence-electron chi connectivity index (χ4n) is 3.95. The van der Waals surface area contributed by atoms with Crippen LogP contribution >= 0.6 is 0 Å². The maximum atomic E-state index is 13.4. The zero-order chi connectivity index (χ0) is 14.9. The standard InChI is InChI=1S/C17H23F2NO/c18-14-10-13(11-15(19)16(14)21)12-20-8-6-17(7-9-20)4-2-1-3-5-17/h10-11,21H,1-9,12H2. The molecule has 2 fully saturated rings. The van der Waals surface area contributed by atoms with Crippen LogP contribution in [0.2, 0.25) is 0 Å². The predicted molar refractivity (Wildman–Crippen MR) is 78.1 cm³/mol. The molecule has 2 aliphatic rings. The number of benzene rings is 1. The third-order valence-electron chi connectivity index (χ3n) is 5.31. The summed E-state index contributed by atoms with van der Waals surface area (Å²) >= 11 is 0. The van der Waals surface area contributed by atoms with Crippen LogP contribution in [0.15, 0.2) is 12.1 Å². The number of aromatic hydroxyl groups is 1. The molecule has 1 heterocycles. The summed E-state index contributed by atoms with van der Waals surface area (Å²) < 4.78 is 26.7. The second-order valence-corrected chi connectivity index (χ2v) is 6.74. The number of phenols is 1. The van der Waals surface area contributed by atoms with Crippen molar-refractivity contribution in [3.8, 4) is 5.75 Å². The molecule has 1 N–H and O–H groups in total. The third-order valence-corrected chi connectivity index (χ3v) is 5.31. The van der Waals surface area contributed by atoms with Gasteiger partial charge in [-0.05, 0) is 61.9 Å². The Morgan fingerprint density at radius 3 is 2.10 bits per heavy atom. The van der Waals surface area contributed by atoms with E-state index in [0.29, 0.717) is 17.5 Å². The van der Waals surface area contributed by atoms with Gasteiger partial charge in [0, 0.05) is 6.54 Å². The molecule has 2 nitrogen and oxygen atoms in total. The molecule has 0 amide bonds. The summed E-state index contributed by atoms with van der Waals surface area (Å²) in [5.41, 5.74) is 1.14. The number of halogens is 2. The van der Waals surface area contributed by atoms with Gasteiger partial charge in [0.2, 0.25) is 0 Å². The molecule has 1 aliphatic carbocycles. The summed E-state index contributed by atoms with van der Waals surface area (Å²) in [4.78, 5) is 2.27. The summed E-state index contributed by atoms with van der Waals surface area (Å²) in [6, 6.07) is 2.48. The lowest BCUT2D eigenvalue weighted by atomic mass is 9.68. The molecule has 0 aromatic heterocycles. The first-order chi connectivity index (χ1) is 10.1. The zero-order valence-electron chi connectivity index (χ0n) is 12.4. The molecular weight excluding hydrogens is 272 g/mol. The van der Waals surface area contributed by atoms with Gasteiger partial charge in [0.1, 0.15) is 0 Å². The van der Waals surface area contributed by atoms with E-state index in [1.807, 2.05) is 0 Å². The minimum Gasteiger partial charge on any atom is -0.503 e. The van der Waals surface area contributed by atoms with E-state index in [1.165, 1.54) is 57.1 Å². The van der Waals surface area contributed by atoms with Gasteiger partial charge in [0.05, 0.1) is 0 Å². The average Bonchev–Trinajstić information content (AvgIpc) is 2.48. The van der Waals surface area contributed by atoms with Crippen molar-refractivity contribution >= 4 is 0 Å². The summed E-state index contributed by atoms with van der Waals surface area (Å²) in [5.74, 6) is -2.62. The van der Waals surface area contributed by atoms with E-state index >= 15 is 0 Å². The van der Waals surface area contributed by atoms with Crippen molar-refractivity contribution in [2.24, 2.45) is 5.41 Å². The molecule has 1 spiro atoms. The van der Waals surface area contributed by atoms with Crippen molar-refractivity contribution in [1.82, 2.24) is 4.90 Å². The highest BCUT2D eigenvalue weighted by molar-refractivity contribution is 5.30. The number of phenolic OH excluding ortho intramolecular Hbond substituents is 1.